The number of carbonyl (C=O) groups is 3. The van der Waals surface area contributed by atoms with Gasteiger partial charge in [-0.25, -0.2) is 0 Å². The molecule has 0 aromatic heterocycles. The number of hydrogen-bond acceptors (Lipinski definition) is 9. The van der Waals surface area contributed by atoms with Gasteiger partial charge in [-0.2, -0.15) is 0 Å². The van der Waals surface area contributed by atoms with Gasteiger partial charge in [0, 0.05) is 36.8 Å². The first-order valence-electron chi connectivity index (χ1n) is 11.1. The van der Waals surface area contributed by atoms with Crippen molar-refractivity contribution in [3.63, 3.8) is 0 Å². The summed E-state index contributed by atoms with van der Waals surface area (Å²) < 4.78 is 0. The lowest BCUT2D eigenvalue weighted by atomic mass is 9.57. The van der Waals surface area contributed by atoms with Gasteiger partial charge in [0.05, 0.1) is 11.6 Å². The molecular weight excluding hydrogens is 454 g/mol. The Morgan fingerprint density at radius 3 is 2.31 bits per heavy atom. The van der Waals surface area contributed by atoms with E-state index in [4.69, 9.17) is 5.73 Å². The number of fused-ring (bicyclic) bond motifs is 3. The van der Waals surface area contributed by atoms with Crippen molar-refractivity contribution in [1.82, 2.24) is 9.80 Å². The Morgan fingerprint density at radius 2 is 1.77 bits per heavy atom. The lowest BCUT2D eigenvalue weighted by molar-refractivity contribution is -0.153. The normalized spacial score (nSPS) is 28.0. The molecule has 0 saturated heterocycles. The number of rotatable bonds is 4. The van der Waals surface area contributed by atoms with E-state index in [0.717, 1.165) is 0 Å². The first-order chi connectivity index (χ1) is 16.2. The zero-order chi connectivity index (χ0) is 26.1. The van der Waals surface area contributed by atoms with Gasteiger partial charge >= 0.3 is 0 Å². The van der Waals surface area contributed by atoms with Crippen molar-refractivity contribution >= 4 is 28.9 Å². The summed E-state index contributed by atoms with van der Waals surface area (Å²) in [6.07, 6.45) is 0.250. The number of hydrogen-bond donors (Lipinski definition) is 5. The molecule has 4 rings (SSSR count). The van der Waals surface area contributed by atoms with Gasteiger partial charge in [0.1, 0.15) is 22.8 Å². The molecule has 186 valence electrons. The van der Waals surface area contributed by atoms with E-state index in [2.05, 4.69) is 6.58 Å². The van der Waals surface area contributed by atoms with Crippen LogP contribution in [0.15, 0.2) is 35.6 Å². The Morgan fingerprint density at radius 1 is 1.14 bits per heavy atom. The number of ketones is 2. The number of aliphatic hydroxyl groups is 3. The summed E-state index contributed by atoms with van der Waals surface area (Å²) in [6.45, 7) is 4.07. The van der Waals surface area contributed by atoms with E-state index >= 15 is 0 Å². The number of aliphatic hydroxyl groups excluding tert-OH is 2. The fourth-order valence-corrected chi connectivity index (χ4v) is 5.76. The smallest absolute Gasteiger partial charge is 0.255 e. The minimum atomic E-state index is -2.65. The molecule has 10 heteroatoms. The maximum Gasteiger partial charge on any atom is 0.255 e. The first kappa shape index (κ1) is 24.5. The van der Waals surface area contributed by atoms with Crippen molar-refractivity contribution < 1.29 is 34.8 Å². The molecule has 3 unspecified atom stereocenters. The molecule has 1 aromatic carbocycles. The van der Waals surface area contributed by atoms with E-state index in [1.54, 1.807) is 39.2 Å². The number of nitrogens with zero attached hydrogens (tertiary/aromatic N) is 2. The molecule has 3 aliphatic rings. The van der Waals surface area contributed by atoms with Crippen LogP contribution in [-0.4, -0.2) is 87.5 Å². The van der Waals surface area contributed by atoms with Crippen molar-refractivity contribution in [1.29, 1.82) is 0 Å². The van der Waals surface area contributed by atoms with Crippen LogP contribution >= 0.6 is 0 Å². The predicted octanol–water partition coefficient (Wildman–Crippen LogP) is 0.496. The second kappa shape index (κ2) is 7.96. The Bertz CT molecular complexity index is 1260. The number of phenols is 1. The summed E-state index contributed by atoms with van der Waals surface area (Å²) in [5.41, 5.74) is 3.58. The number of aromatic hydroxyl groups is 1. The third-order valence-corrected chi connectivity index (χ3v) is 7.45. The van der Waals surface area contributed by atoms with Gasteiger partial charge in [-0.3, -0.25) is 19.3 Å². The molecule has 35 heavy (non-hydrogen) atoms. The summed E-state index contributed by atoms with van der Waals surface area (Å²) in [5, 5.41) is 44.2. The predicted molar refractivity (Wildman–Crippen MR) is 127 cm³/mol. The Hall–Kier alpha value is -3.63. The van der Waals surface area contributed by atoms with Gasteiger partial charge < -0.3 is 31.1 Å². The van der Waals surface area contributed by atoms with Gasteiger partial charge in [0.15, 0.2) is 11.4 Å². The molecular formula is C25H29N3O7. The van der Waals surface area contributed by atoms with Gasteiger partial charge in [-0.1, -0.05) is 6.58 Å². The van der Waals surface area contributed by atoms with E-state index < -0.39 is 58.0 Å². The fourth-order valence-electron chi connectivity index (χ4n) is 5.76. The molecule has 0 bridgehead atoms. The lowest BCUT2D eigenvalue weighted by Crippen LogP contribution is -2.65. The molecule has 6 N–H and O–H groups in total. The van der Waals surface area contributed by atoms with E-state index in [1.165, 1.54) is 11.0 Å². The molecule has 0 radical (unpaired) electrons. The molecule has 1 aromatic rings. The largest absolute Gasteiger partial charge is 0.508 e. The van der Waals surface area contributed by atoms with E-state index in [9.17, 15) is 34.8 Å². The van der Waals surface area contributed by atoms with Crippen molar-refractivity contribution in [2.45, 2.75) is 24.5 Å². The summed E-state index contributed by atoms with van der Waals surface area (Å²) in [6, 6.07) is 1.94. The third-order valence-electron chi connectivity index (χ3n) is 7.45. The molecule has 1 fully saturated rings. The number of likely N-dealkylation sites (N-methyl/N-ethyl adjacent to an activating group) is 1. The number of Topliss-reactive ketones (excluding diaryl/α,β-unsaturated/α-hetero) is 2. The monoisotopic (exact) mass is 483 g/mol. The number of nitrogens with two attached hydrogens (primary N) is 1. The van der Waals surface area contributed by atoms with Crippen LogP contribution in [0.4, 0.5) is 0 Å². The number of benzene rings is 1. The molecule has 0 spiro atoms. The Kier molecular flexibility index (Phi) is 5.57. The van der Waals surface area contributed by atoms with Crippen LogP contribution in [0.1, 0.15) is 23.1 Å². The number of carbonyl (C=O) groups excluding carboxylic acids is 3. The molecule has 0 heterocycles. The standard InChI is InChI=1S/C25H29N3O7/c1-10(27(2)3)12-6-7-15(29)17-13(12)8-11-9-14-19(28(4)5)21(31)18(24(26)34)23(33)25(14,35)22(32)16(11)20(17)30/h6-7,11,14,19,29-30,33,35H,1,8-9H2,2-5H3,(H2,26,34)/t11?,14-,19?,25?/m0/s1. The summed E-state index contributed by atoms with van der Waals surface area (Å²) in [4.78, 5) is 42.2. The second-order valence-electron chi connectivity index (χ2n) is 9.79. The van der Waals surface area contributed by atoms with Crippen LogP contribution in [0, 0.1) is 11.8 Å². The molecule has 3 aliphatic carbocycles. The zero-order valence-electron chi connectivity index (χ0n) is 20.0. The summed E-state index contributed by atoms with van der Waals surface area (Å²) in [7, 11) is 6.72. The first-order valence-corrected chi connectivity index (χ1v) is 11.1. The highest BCUT2D eigenvalue weighted by molar-refractivity contribution is 6.24. The van der Waals surface area contributed by atoms with E-state index in [1.807, 2.05) is 0 Å². The molecule has 1 saturated carbocycles. The van der Waals surface area contributed by atoms with Crippen LogP contribution in [0.3, 0.4) is 0 Å². The number of primary amides is 1. The highest BCUT2D eigenvalue weighted by atomic mass is 16.3. The van der Waals surface area contributed by atoms with Gasteiger partial charge in [0.25, 0.3) is 5.91 Å². The Labute approximate surface area is 202 Å². The maximum atomic E-state index is 13.8. The lowest BCUT2D eigenvalue weighted by Gasteiger charge is -2.50. The molecule has 4 atom stereocenters. The minimum Gasteiger partial charge on any atom is -0.508 e. The van der Waals surface area contributed by atoms with Crippen molar-refractivity contribution in [2.75, 3.05) is 28.2 Å². The summed E-state index contributed by atoms with van der Waals surface area (Å²) >= 11 is 0. The average molecular weight is 484 g/mol. The molecule has 1 amide bonds. The fraction of sp³-hybridized carbons (Fsp3) is 0.400. The molecule has 10 nitrogen and oxygen atoms in total. The average Bonchev–Trinajstić information content (AvgIpc) is 2.75. The zero-order valence-corrected chi connectivity index (χ0v) is 20.0. The molecule has 0 aliphatic heterocycles. The maximum absolute atomic E-state index is 13.8. The highest BCUT2D eigenvalue weighted by Crippen LogP contribution is 2.53. The SMILES string of the molecule is C=C(c1ccc(O)c2c1CC1C[C@H]3C(N(C)C)C(=O)C(C(N)=O)=C(O)C3(O)C(=O)C1=C2O)N(C)C. The number of phenolic OH excluding ortho intramolecular Hbond substituents is 1. The van der Waals surface area contributed by atoms with Gasteiger partial charge in [-0.15, -0.1) is 0 Å². The highest BCUT2D eigenvalue weighted by Gasteiger charge is 2.64. The van der Waals surface area contributed by atoms with Crippen molar-refractivity contribution in [3.8, 4) is 5.75 Å². The quantitative estimate of drug-likeness (QED) is 0.383. The second-order valence-corrected chi connectivity index (χ2v) is 9.79. The van der Waals surface area contributed by atoms with Crippen molar-refractivity contribution in [3.05, 3.63) is 52.3 Å². The van der Waals surface area contributed by atoms with E-state index in [0.29, 0.717) is 16.8 Å². The number of amides is 1. The van der Waals surface area contributed by atoms with Crippen LogP contribution < -0.4 is 5.73 Å². The topological polar surface area (TPSA) is 165 Å². The van der Waals surface area contributed by atoms with Crippen LogP contribution in [0.5, 0.6) is 5.75 Å². The van der Waals surface area contributed by atoms with Crippen LogP contribution in [-0.2, 0) is 20.8 Å². The Balaban J connectivity index is 1.98. The van der Waals surface area contributed by atoms with E-state index in [-0.39, 0.29) is 29.7 Å². The van der Waals surface area contributed by atoms with Crippen LogP contribution in [0.25, 0.3) is 11.5 Å². The van der Waals surface area contributed by atoms with Gasteiger partial charge in [0.2, 0.25) is 5.78 Å². The summed E-state index contributed by atoms with van der Waals surface area (Å²) in [5.74, 6) is -6.71. The third kappa shape index (κ3) is 3.20. The van der Waals surface area contributed by atoms with Gasteiger partial charge in [-0.05, 0) is 50.6 Å². The minimum absolute atomic E-state index is 0.0370. The van der Waals surface area contributed by atoms with Crippen LogP contribution in [0.2, 0.25) is 0 Å². The van der Waals surface area contributed by atoms with Crippen molar-refractivity contribution in [2.24, 2.45) is 17.6 Å².